The number of anilines is 1. The zero-order valence-corrected chi connectivity index (χ0v) is 13.4. The van der Waals surface area contributed by atoms with Gasteiger partial charge in [0.25, 0.3) is 5.91 Å². The lowest BCUT2D eigenvalue weighted by molar-refractivity contribution is 0.102. The number of aromatic nitrogens is 2. The molecule has 0 aliphatic carbocycles. The molecule has 122 valence electrons. The van der Waals surface area contributed by atoms with E-state index < -0.39 is 0 Å². The van der Waals surface area contributed by atoms with Gasteiger partial charge in [0.1, 0.15) is 5.82 Å². The summed E-state index contributed by atoms with van der Waals surface area (Å²) < 4.78 is 14.6. The number of benzene rings is 2. The molecule has 0 saturated heterocycles. The number of aryl methyl sites for hydroxylation is 1. The van der Waals surface area contributed by atoms with Gasteiger partial charge in [-0.2, -0.15) is 5.10 Å². The Morgan fingerprint density at radius 1 is 1.04 bits per heavy atom. The second-order valence-corrected chi connectivity index (χ2v) is 5.53. The van der Waals surface area contributed by atoms with Crippen LogP contribution in [-0.4, -0.2) is 15.7 Å². The van der Waals surface area contributed by atoms with Gasteiger partial charge in [-0.05, 0) is 41.8 Å². The van der Waals surface area contributed by atoms with Crippen LogP contribution in [-0.2, 0) is 13.0 Å². The molecule has 3 rings (SSSR count). The van der Waals surface area contributed by atoms with Crippen LogP contribution in [0.3, 0.4) is 0 Å². The van der Waals surface area contributed by atoms with Gasteiger partial charge >= 0.3 is 0 Å². The van der Waals surface area contributed by atoms with Crippen LogP contribution in [0.25, 0.3) is 0 Å². The SMILES string of the molecule is CCc1ccc(C(=O)Nc2ccn(Cc3ccc(F)cc3)n2)cc1. The summed E-state index contributed by atoms with van der Waals surface area (Å²) in [6.07, 6.45) is 2.72. The van der Waals surface area contributed by atoms with Crippen molar-refractivity contribution in [2.75, 3.05) is 5.32 Å². The number of carbonyl (C=O) groups excluding carboxylic acids is 1. The zero-order valence-electron chi connectivity index (χ0n) is 13.4. The third-order valence-electron chi connectivity index (χ3n) is 3.76. The number of nitrogens with zero attached hydrogens (tertiary/aromatic N) is 2. The molecule has 5 heteroatoms. The number of hydrogen-bond donors (Lipinski definition) is 1. The van der Waals surface area contributed by atoms with Crippen molar-refractivity contribution in [3.05, 3.63) is 83.3 Å². The molecule has 24 heavy (non-hydrogen) atoms. The van der Waals surface area contributed by atoms with Crippen molar-refractivity contribution in [3.63, 3.8) is 0 Å². The van der Waals surface area contributed by atoms with Crippen molar-refractivity contribution >= 4 is 11.7 Å². The fourth-order valence-corrected chi connectivity index (χ4v) is 2.37. The van der Waals surface area contributed by atoms with Crippen molar-refractivity contribution in [2.24, 2.45) is 0 Å². The highest BCUT2D eigenvalue weighted by atomic mass is 19.1. The van der Waals surface area contributed by atoms with Crippen LogP contribution in [0.5, 0.6) is 0 Å². The maximum Gasteiger partial charge on any atom is 0.256 e. The summed E-state index contributed by atoms with van der Waals surface area (Å²) in [5.41, 5.74) is 2.72. The Morgan fingerprint density at radius 3 is 2.38 bits per heavy atom. The normalized spacial score (nSPS) is 10.6. The smallest absolute Gasteiger partial charge is 0.256 e. The van der Waals surface area contributed by atoms with E-state index in [2.05, 4.69) is 17.3 Å². The van der Waals surface area contributed by atoms with Crippen LogP contribution >= 0.6 is 0 Å². The minimum Gasteiger partial charge on any atom is -0.305 e. The van der Waals surface area contributed by atoms with Crippen LogP contribution in [0.1, 0.15) is 28.4 Å². The quantitative estimate of drug-likeness (QED) is 0.774. The molecule has 1 heterocycles. The summed E-state index contributed by atoms with van der Waals surface area (Å²) in [7, 11) is 0. The summed E-state index contributed by atoms with van der Waals surface area (Å²) in [6, 6.07) is 15.5. The molecule has 0 unspecified atom stereocenters. The van der Waals surface area contributed by atoms with Gasteiger partial charge in [0.2, 0.25) is 0 Å². The summed E-state index contributed by atoms with van der Waals surface area (Å²) in [5.74, 6) is 0.0348. The standard InChI is InChI=1S/C19H18FN3O/c1-2-14-3-7-16(8-4-14)19(24)21-18-11-12-23(22-18)13-15-5-9-17(20)10-6-15/h3-12H,2,13H2,1H3,(H,21,22,24). The summed E-state index contributed by atoms with van der Waals surface area (Å²) in [6.45, 7) is 2.59. The largest absolute Gasteiger partial charge is 0.305 e. The molecule has 4 nitrogen and oxygen atoms in total. The average Bonchev–Trinajstić information content (AvgIpc) is 3.04. The fourth-order valence-electron chi connectivity index (χ4n) is 2.37. The maximum absolute atomic E-state index is 12.9. The van der Waals surface area contributed by atoms with Gasteiger partial charge in [-0.3, -0.25) is 9.48 Å². The van der Waals surface area contributed by atoms with E-state index in [1.165, 1.54) is 17.7 Å². The van der Waals surface area contributed by atoms with E-state index in [0.29, 0.717) is 17.9 Å². The Balaban J connectivity index is 1.64. The first-order valence-electron chi connectivity index (χ1n) is 7.82. The lowest BCUT2D eigenvalue weighted by atomic mass is 10.1. The maximum atomic E-state index is 12.9. The average molecular weight is 323 g/mol. The summed E-state index contributed by atoms with van der Waals surface area (Å²) in [5, 5.41) is 7.10. The minimum atomic E-state index is -0.263. The number of hydrogen-bond acceptors (Lipinski definition) is 2. The Hall–Kier alpha value is -2.95. The van der Waals surface area contributed by atoms with Gasteiger partial charge in [0.15, 0.2) is 5.82 Å². The molecule has 0 atom stereocenters. The minimum absolute atomic E-state index is 0.190. The molecule has 2 aromatic carbocycles. The van der Waals surface area contributed by atoms with Crippen LogP contribution in [0, 0.1) is 5.82 Å². The molecule has 0 saturated carbocycles. The van der Waals surface area contributed by atoms with Gasteiger partial charge in [0.05, 0.1) is 6.54 Å². The summed E-state index contributed by atoms with van der Waals surface area (Å²) >= 11 is 0. The first kappa shape index (κ1) is 15.9. The van der Waals surface area contributed by atoms with Crippen LogP contribution < -0.4 is 5.32 Å². The summed E-state index contributed by atoms with van der Waals surface area (Å²) in [4.78, 5) is 12.2. The van der Waals surface area contributed by atoms with Crippen molar-refractivity contribution < 1.29 is 9.18 Å². The van der Waals surface area contributed by atoms with Crippen molar-refractivity contribution in [2.45, 2.75) is 19.9 Å². The molecule has 0 bridgehead atoms. The molecule has 0 radical (unpaired) electrons. The highest BCUT2D eigenvalue weighted by Crippen LogP contribution is 2.10. The molecule has 1 amide bonds. The molecule has 0 fully saturated rings. The monoisotopic (exact) mass is 323 g/mol. The van der Waals surface area contributed by atoms with Gasteiger partial charge in [-0.1, -0.05) is 31.2 Å². The Bertz CT molecular complexity index is 823. The molecular formula is C19H18FN3O. The van der Waals surface area contributed by atoms with Crippen LogP contribution in [0.4, 0.5) is 10.2 Å². The third kappa shape index (κ3) is 3.87. The lowest BCUT2D eigenvalue weighted by Gasteiger charge is -2.04. The van der Waals surface area contributed by atoms with E-state index in [1.807, 2.05) is 24.3 Å². The topological polar surface area (TPSA) is 46.9 Å². The van der Waals surface area contributed by atoms with Crippen LogP contribution in [0.15, 0.2) is 60.8 Å². The highest BCUT2D eigenvalue weighted by molar-refractivity contribution is 6.03. The molecule has 0 aliphatic heterocycles. The second kappa shape index (κ2) is 7.08. The first-order valence-corrected chi connectivity index (χ1v) is 7.82. The number of carbonyl (C=O) groups is 1. The molecular weight excluding hydrogens is 305 g/mol. The van der Waals surface area contributed by atoms with E-state index in [-0.39, 0.29) is 11.7 Å². The van der Waals surface area contributed by atoms with Gasteiger partial charge < -0.3 is 5.32 Å². The Morgan fingerprint density at radius 2 is 1.71 bits per heavy atom. The Kier molecular flexibility index (Phi) is 4.70. The predicted octanol–water partition coefficient (Wildman–Crippen LogP) is 3.89. The molecule has 1 aromatic heterocycles. The van der Waals surface area contributed by atoms with Gasteiger partial charge in [-0.15, -0.1) is 0 Å². The van der Waals surface area contributed by atoms with Crippen LogP contribution in [0.2, 0.25) is 0 Å². The first-order chi connectivity index (χ1) is 11.6. The lowest BCUT2D eigenvalue weighted by Crippen LogP contribution is -2.12. The van der Waals surface area contributed by atoms with Crippen molar-refractivity contribution in [1.82, 2.24) is 9.78 Å². The molecule has 0 spiro atoms. The van der Waals surface area contributed by atoms with E-state index in [9.17, 15) is 9.18 Å². The van der Waals surface area contributed by atoms with E-state index in [0.717, 1.165) is 12.0 Å². The number of rotatable bonds is 5. The molecule has 3 aromatic rings. The molecule has 0 aliphatic rings. The second-order valence-electron chi connectivity index (χ2n) is 5.53. The number of halogens is 1. The zero-order chi connectivity index (χ0) is 16.9. The highest BCUT2D eigenvalue weighted by Gasteiger charge is 2.08. The fraction of sp³-hybridized carbons (Fsp3) is 0.158. The van der Waals surface area contributed by atoms with Gasteiger partial charge in [-0.25, -0.2) is 4.39 Å². The number of amides is 1. The molecule has 1 N–H and O–H groups in total. The van der Waals surface area contributed by atoms with E-state index >= 15 is 0 Å². The van der Waals surface area contributed by atoms with E-state index in [1.54, 1.807) is 29.1 Å². The van der Waals surface area contributed by atoms with Crippen molar-refractivity contribution in [3.8, 4) is 0 Å². The van der Waals surface area contributed by atoms with Gasteiger partial charge in [0, 0.05) is 17.8 Å². The van der Waals surface area contributed by atoms with Crippen molar-refractivity contribution in [1.29, 1.82) is 0 Å². The number of nitrogens with one attached hydrogen (secondary N) is 1. The predicted molar refractivity (Wildman–Crippen MR) is 91.5 cm³/mol. The third-order valence-corrected chi connectivity index (χ3v) is 3.76. The van der Waals surface area contributed by atoms with E-state index in [4.69, 9.17) is 0 Å². The Labute approximate surface area is 139 Å².